The van der Waals surface area contributed by atoms with E-state index in [1.807, 2.05) is 18.2 Å². The summed E-state index contributed by atoms with van der Waals surface area (Å²) in [5.41, 5.74) is 7.48. The van der Waals surface area contributed by atoms with Crippen LogP contribution in [0.2, 0.25) is 0 Å². The molecule has 2 aromatic rings. The number of carbonyl (C=O) groups is 1. The summed E-state index contributed by atoms with van der Waals surface area (Å²) in [6.07, 6.45) is 0. The minimum atomic E-state index is -0.593. The van der Waals surface area contributed by atoms with Crippen molar-refractivity contribution in [1.82, 2.24) is 0 Å². The molecule has 0 atom stereocenters. The first-order valence-electron chi connectivity index (χ1n) is 6.35. The second-order valence-electron chi connectivity index (χ2n) is 4.43. The van der Waals surface area contributed by atoms with Gasteiger partial charge in [-0.1, -0.05) is 6.07 Å². The number of carbonyl (C=O) groups excluding carboxylic acids is 1. The summed E-state index contributed by atoms with van der Waals surface area (Å²) in [6.45, 7) is 0.556. The van der Waals surface area contributed by atoms with E-state index in [1.54, 1.807) is 24.3 Å². The van der Waals surface area contributed by atoms with E-state index in [9.17, 15) is 9.90 Å². The standard InChI is InChI=1S/C15H17N3O3/c1-21-14-7-2-10(8-13(14)19)9-17-11-3-5-12(6-4-11)18-15(16)20/h2-8,17,19H,9H2,1H3,(H3,16,18,20). The number of methoxy groups -OCH3 is 1. The van der Waals surface area contributed by atoms with Crippen molar-refractivity contribution in [3.8, 4) is 11.5 Å². The number of benzene rings is 2. The minimum Gasteiger partial charge on any atom is -0.504 e. The van der Waals surface area contributed by atoms with Crippen molar-refractivity contribution >= 4 is 17.4 Å². The predicted octanol–water partition coefficient (Wildman–Crippen LogP) is 2.50. The molecule has 0 aliphatic heterocycles. The molecule has 2 aromatic carbocycles. The maximum atomic E-state index is 10.7. The Balaban J connectivity index is 1.96. The molecule has 2 rings (SSSR count). The highest BCUT2D eigenvalue weighted by atomic mass is 16.5. The summed E-state index contributed by atoms with van der Waals surface area (Å²) in [5, 5.41) is 15.4. The van der Waals surface area contributed by atoms with Gasteiger partial charge < -0.3 is 26.2 Å². The van der Waals surface area contributed by atoms with Crippen LogP contribution in [-0.4, -0.2) is 18.2 Å². The van der Waals surface area contributed by atoms with Crippen LogP contribution in [-0.2, 0) is 6.54 Å². The summed E-state index contributed by atoms with van der Waals surface area (Å²) in [4.78, 5) is 10.7. The van der Waals surface area contributed by atoms with Gasteiger partial charge in [-0.2, -0.15) is 0 Å². The molecule has 0 bridgehead atoms. The number of rotatable bonds is 5. The number of urea groups is 1. The van der Waals surface area contributed by atoms with Gasteiger partial charge in [-0.15, -0.1) is 0 Å². The second-order valence-corrected chi connectivity index (χ2v) is 4.43. The number of nitrogens with one attached hydrogen (secondary N) is 2. The number of hydrogen-bond donors (Lipinski definition) is 4. The average Bonchev–Trinajstić information content (AvgIpc) is 2.46. The molecule has 0 aliphatic carbocycles. The van der Waals surface area contributed by atoms with E-state index in [-0.39, 0.29) is 5.75 Å². The molecule has 0 saturated carbocycles. The van der Waals surface area contributed by atoms with Crippen LogP contribution < -0.4 is 21.1 Å². The maximum absolute atomic E-state index is 10.7. The molecule has 2 amide bonds. The van der Waals surface area contributed by atoms with Crippen LogP contribution in [0.4, 0.5) is 16.2 Å². The SMILES string of the molecule is COc1ccc(CNc2ccc(NC(N)=O)cc2)cc1O. The monoisotopic (exact) mass is 287 g/mol. The number of primary amides is 1. The quantitative estimate of drug-likeness (QED) is 0.679. The molecule has 0 radical (unpaired) electrons. The van der Waals surface area contributed by atoms with Crippen LogP contribution in [0.1, 0.15) is 5.56 Å². The lowest BCUT2D eigenvalue weighted by molar-refractivity contribution is 0.259. The number of nitrogens with two attached hydrogens (primary N) is 1. The molecule has 110 valence electrons. The number of aromatic hydroxyl groups is 1. The van der Waals surface area contributed by atoms with Gasteiger partial charge in [0.2, 0.25) is 0 Å². The van der Waals surface area contributed by atoms with Crippen molar-refractivity contribution in [2.75, 3.05) is 17.7 Å². The smallest absolute Gasteiger partial charge is 0.316 e. The number of amides is 2. The van der Waals surface area contributed by atoms with E-state index in [0.717, 1.165) is 11.3 Å². The lowest BCUT2D eigenvalue weighted by Gasteiger charge is -2.09. The zero-order chi connectivity index (χ0) is 15.2. The van der Waals surface area contributed by atoms with Crippen LogP contribution >= 0.6 is 0 Å². The van der Waals surface area contributed by atoms with Gasteiger partial charge in [0.15, 0.2) is 11.5 Å². The Morgan fingerprint density at radius 1 is 1.19 bits per heavy atom. The fraction of sp³-hybridized carbons (Fsp3) is 0.133. The Bertz CT molecular complexity index is 627. The van der Waals surface area contributed by atoms with E-state index < -0.39 is 6.03 Å². The van der Waals surface area contributed by atoms with E-state index in [2.05, 4.69) is 10.6 Å². The maximum Gasteiger partial charge on any atom is 0.316 e. The highest BCUT2D eigenvalue weighted by Gasteiger charge is 2.02. The fourth-order valence-corrected chi connectivity index (χ4v) is 1.86. The molecular weight excluding hydrogens is 270 g/mol. The molecule has 0 aliphatic rings. The van der Waals surface area contributed by atoms with Crippen LogP contribution in [0.5, 0.6) is 11.5 Å². The predicted molar refractivity (Wildman–Crippen MR) is 81.6 cm³/mol. The fourth-order valence-electron chi connectivity index (χ4n) is 1.86. The van der Waals surface area contributed by atoms with Gasteiger partial charge in [0.05, 0.1) is 7.11 Å². The number of anilines is 2. The lowest BCUT2D eigenvalue weighted by Crippen LogP contribution is -2.19. The zero-order valence-corrected chi connectivity index (χ0v) is 11.6. The molecule has 0 unspecified atom stereocenters. The van der Waals surface area contributed by atoms with Crippen molar-refractivity contribution in [3.63, 3.8) is 0 Å². The highest BCUT2D eigenvalue weighted by Crippen LogP contribution is 2.26. The molecule has 0 saturated heterocycles. The molecule has 0 heterocycles. The number of phenolic OH excluding ortho intramolecular Hbond substituents is 1. The molecule has 0 aromatic heterocycles. The minimum absolute atomic E-state index is 0.109. The third-order valence-electron chi connectivity index (χ3n) is 2.89. The van der Waals surface area contributed by atoms with Gasteiger partial charge in [-0.25, -0.2) is 4.79 Å². The summed E-state index contributed by atoms with van der Waals surface area (Å²) >= 11 is 0. The Hall–Kier alpha value is -2.89. The van der Waals surface area contributed by atoms with Gasteiger partial charge in [-0.05, 0) is 42.0 Å². The van der Waals surface area contributed by atoms with E-state index in [1.165, 1.54) is 7.11 Å². The Morgan fingerprint density at radius 3 is 2.43 bits per heavy atom. The molecule has 6 heteroatoms. The Morgan fingerprint density at radius 2 is 1.86 bits per heavy atom. The first-order valence-corrected chi connectivity index (χ1v) is 6.35. The normalized spacial score (nSPS) is 9.95. The first-order chi connectivity index (χ1) is 10.1. The van der Waals surface area contributed by atoms with Crippen molar-refractivity contribution in [3.05, 3.63) is 48.0 Å². The van der Waals surface area contributed by atoms with Crippen molar-refractivity contribution in [2.24, 2.45) is 5.73 Å². The van der Waals surface area contributed by atoms with Crippen molar-refractivity contribution < 1.29 is 14.6 Å². The molecule has 0 spiro atoms. The zero-order valence-electron chi connectivity index (χ0n) is 11.6. The van der Waals surface area contributed by atoms with E-state index in [0.29, 0.717) is 18.0 Å². The van der Waals surface area contributed by atoms with Crippen molar-refractivity contribution in [1.29, 1.82) is 0 Å². The largest absolute Gasteiger partial charge is 0.504 e. The highest BCUT2D eigenvalue weighted by molar-refractivity contribution is 5.87. The summed E-state index contributed by atoms with van der Waals surface area (Å²) < 4.78 is 4.99. The van der Waals surface area contributed by atoms with Gasteiger partial charge in [-0.3, -0.25) is 0 Å². The van der Waals surface area contributed by atoms with E-state index >= 15 is 0 Å². The number of hydrogen-bond acceptors (Lipinski definition) is 4. The summed E-state index contributed by atoms with van der Waals surface area (Å²) in [5.74, 6) is 0.554. The number of ether oxygens (including phenoxy) is 1. The van der Waals surface area contributed by atoms with Gasteiger partial charge in [0.1, 0.15) is 0 Å². The van der Waals surface area contributed by atoms with Crippen molar-refractivity contribution in [2.45, 2.75) is 6.54 Å². The van der Waals surface area contributed by atoms with Gasteiger partial charge >= 0.3 is 6.03 Å². The third-order valence-corrected chi connectivity index (χ3v) is 2.89. The van der Waals surface area contributed by atoms with E-state index in [4.69, 9.17) is 10.5 Å². The van der Waals surface area contributed by atoms with Crippen LogP contribution in [0.15, 0.2) is 42.5 Å². The molecular formula is C15H17N3O3. The average molecular weight is 287 g/mol. The molecule has 21 heavy (non-hydrogen) atoms. The van der Waals surface area contributed by atoms with Gasteiger partial charge in [0, 0.05) is 17.9 Å². The lowest BCUT2D eigenvalue weighted by atomic mass is 10.2. The summed E-state index contributed by atoms with van der Waals surface area (Å²) in [7, 11) is 1.51. The van der Waals surface area contributed by atoms with Crippen LogP contribution in [0.3, 0.4) is 0 Å². The molecule has 6 nitrogen and oxygen atoms in total. The van der Waals surface area contributed by atoms with Gasteiger partial charge in [0.25, 0.3) is 0 Å². The topological polar surface area (TPSA) is 96.6 Å². The van der Waals surface area contributed by atoms with Crippen LogP contribution in [0.25, 0.3) is 0 Å². The Kier molecular flexibility index (Phi) is 4.50. The molecule has 5 N–H and O–H groups in total. The summed E-state index contributed by atoms with van der Waals surface area (Å²) in [6, 6.07) is 11.8. The Labute approximate surface area is 122 Å². The molecule has 0 fully saturated rings. The van der Waals surface area contributed by atoms with Crippen LogP contribution in [0, 0.1) is 0 Å². The third kappa shape index (κ3) is 4.04. The number of phenols is 1. The second kappa shape index (κ2) is 6.51. The first kappa shape index (κ1) is 14.5.